The van der Waals surface area contributed by atoms with Crippen LogP contribution in [-0.2, 0) is 33.3 Å². The van der Waals surface area contributed by atoms with Gasteiger partial charge in [-0.3, -0.25) is 37.4 Å². The molecule has 0 spiro atoms. The highest BCUT2D eigenvalue weighted by atomic mass is 127. The Morgan fingerprint density at radius 3 is 1.32 bits per heavy atom. The summed E-state index contributed by atoms with van der Waals surface area (Å²) in [6.45, 7) is 18.0. The number of benzene rings is 4. The van der Waals surface area contributed by atoms with Crippen molar-refractivity contribution in [2.45, 2.75) is 103 Å². The zero-order chi connectivity index (χ0) is 65.3. The highest BCUT2D eigenvalue weighted by molar-refractivity contribution is 14.1. The van der Waals surface area contributed by atoms with Gasteiger partial charge in [0, 0.05) is 57.3 Å². The van der Waals surface area contributed by atoms with Crippen molar-refractivity contribution in [3.05, 3.63) is 188 Å². The van der Waals surface area contributed by atoms with Crippen LogP contribution in [0.2, 0.25) is 0 Å². The normalized spacial score (nSPS) is 12.7. The Bertz CT molecular complexity index is 4550. The molecule has 0 radical (unpaired) electrons. The third-order valence-corrected chi connectivity index (χ3v) is 17.8. The van der Waals surface area contributed by atoms with Gasteiger partial charge in [0.25, 0.3) is 31.3 Å². The Morgan fingerprint density at radius 2 is 0.977 bits per heavy atom. The number of aryl methyl sites for hydroxylation is 4. The molecule has 4 aromatic heterocycles. The van der Waals surface area contributed by atoms with E-state index in [0.717, 1.165) is 38.5 Å². The van der Waals surface area contributed by atoms with Crippen LogP contribution < -0.4 is 37.8 Å². The minimum atomic E-state index is -4.47. The monoisotopic (exact) mass is 1500 g/mol. The first-order chi connectivity index (χ1) is 40.9. The van der Waals surface area contributed by atoms with E-state index in [4.69, 9.17) is 20.1 Å². The van der Waals surface area contributed by atoms with Gasteiger partial charge in [0.05, 0.1) is 33.5 Å². The molecule has 0 atom stereocenters. The van der Waals surface area contributed by atoms with E-state index in [0.29, 0.717) is 32.8 Å². The Morgan fingerprint density at radius 1 is 0.621 bits per heavy atom. The molecule has 2 aliphatic rings. The van der Waals surface area contributed by atoms with Crippen LogP contribution in [0.25, 0.3) is 33.4 Å². The third kappa shape index (κ3) is 16.1. The van der Waals surface area contributed by atoms with Gasteiger partial charge >= 0.3 is 21.5 Å². The van der Waals surface area contributed by atoms with Crippen LogP contribution in [0.3, 0.4) is 0 Å². The molecule has 20 nitrogen and oxygen atoms in total. The fraction of sp³-hybridized carbons (Fsp3) is 0.339. The predicted molar refractivity (Wildman–Crippen MR) is 351 cm³/mol. The van der Waals surface area contributed by atoms with E-state index >= 15 is 4.39 Å². The fourth-order valence-corrected chi connectivity index (χ4v) is 11.6. The van der Waals surface area contributed by atoms with E-state index in [9.17, 15) is 55.1 Å². The lowest BCUT2D eigenvalue weighted by atomic mass is 10.2. The number of alkyl halides is 1. The molecular formula is C59H64Cl2F2I2N8O12S2. The second kappa shape index (κ2) is 30.1. The predicted octanol–water partition coefficient (Wildman–Crippen LogP) is 9.91. The SMILES string of the molecule is CC#N.CCN(CC)CC.CCl.Cc1c(O)c2c(=O)n(C3CC3)c(=O)n(-c3ccc(I)cc3F)c2n(C)c1=O.Cc1ccc(S(=O)(=O)Cl)cc1.Cc1ccc(S(=O)(=O)Oc2c(C)c(=O)n(C)c3c2c(=O)n(C2CC2)c(=O)n3-c2ccc(I)cc2F)cc1. The number of nitrogens with zero attached hydrogens (tertiary/aromatic N) is 8. The van der Waals surface area contributed by atoms with Crippen LogP contribution in [0.1, 0.15) is 87.7 Å². The van der Waals surface area contributed by atoms with Gasteiger partial charge in [-0.25, -0.2) is 35.9 Å². The zero-order valence-electron chi connectivity index (χ0n) is 49.3. The van der Waals surface area contributed by atoms with Crippen LogP contribution in [0.15, 0.2) is 123 Å². The van der Waals surface area contributed by atoms with Crippen molar-refractivity contribution in [1.29, 1.82) is 5.26 Å². The van der Waals surface area contributed by atoms with Crippen molar-refractivity contribution in [3.8, 4) is 28.9 Å². The Balaban J connectivity index is 0.000000239. The fourth-order valence-electron chi connectivity index (χ4n) is 8.94. The Kier molecular flexibility index (Phi) is 24.7. The number of pyridine rings is 2. The lowest BCUT2D eigenvalue weighted by Crippen LogP contribution is -2.42. The van der Waals surface area contributed by atoms with Gasteiger partial charge in [0.2, 0.25) is 0 Å². The molecule has 0 bridgehead atoms. The molecular weight excluding hydrogens is 1440 g/mol. The van der Waals surface area contributed by atoms with Crippen LogP contribution >= 0.6 is 67.5 Å². The van der Waals surface area contributed by atoms with Crippen molar-refractivity contribution in [3.63, 3.8) is 0 Å². The number of hydrogen-bond donors (Lipinski definition) is 1. The van der Waals surface area contributed by atoms with E-state index in [1.54, 1.807) is 49.4 Å². The molecule has 28 heteroatoms. The average Bonchev–Trinajstić information content (AvgIpc) is 1.76. The first kappa shape index (κ1) is 71.3. The number of aromatic hydroxyl groups is 1. The smallest absolute Gasteiger partial charge is 0.339 e. The maximum Gasteiger partial charge on any atom is 0.339 e. The molecule has 0 saturated heterocycles. The molecule has 2 aliphatic carbocycles. The van der Waals surface area contributed by atoms with Crippen molar-refractivity contribution < 1.29 is 34.9 Å². The van der Waals surface area contributed by atoms with Gasteiger partial charge < -0.3 is 14.2 Å². The minimum absolute atomic E-state index is 0.00210. The zero-order valence-corrected chi connectivity index (χ0v) is 56.7. The molecule has 0 amide bonds. The van der Waals surface area contributed by atoms with E-state index in [-0.39, 0.29) is 60.4 Å². The quantitative estimate of drug-likeness (QED) is 0.0547. The summed E-state index contributed by atoms with van der Waals surface area (Å²) in [6.07, 6.45) is 3.89. The first-order valence-electron chi connectivity index (χ1n) is 26.8. The Labute approximate surface area is 537 Å². The Hall–Kier alpha value is -6.49. The summed E-state index contributed by atoms with van der Waals surface area (Å²) in [4.78, 5) is 81.5. The van der Waals surface area contributed by atoms with E-state index < -0.39 is 82.0 Å². The molecule has 466 valence electrons. The molecule has 8 aromatic rings. The molecule has 0 unspecified atom stereocenters. The lowest BCUT2D eigenvalue weighted by molar-refractivity contribution is 0.321. The number of fused-ring (bicyclic) bond motifs is 2. The summed E-state index contributed by atoms with van der Waals surface area (Å²) in [6, 6.07) is 21.7. The number of halogens is 6. The van der Waals surface area contributed by atoms with Gasteiger partial charge in [-0.15, -0.1) is 11.6 Å². The van der Waals surface area contributed by atoms with Crippen molar-refractivity contribution in [2.75, 3.05) is 26.0 Å². The van der Waals surface area contributed by atoms with Gasteiger partial charge in [-0.2, -0.15) is 13.7 Å². The molecule has 4 heterocycles. The third-order valence-electron chi connectivity index (χ3n) is 13.8. The van der Waals surface area contributed by atoms with Gasteiger partial charge in [0.15, 0.2) is 5.75 Å². The van der Waals surface area contributed by atoms with Crippen LogP contribution in [0.4, 0.5) is 8.78 Å². The molecule has 0 aliphatic heterocycles. The van der Waals surface area contributed by atoms with Crippen LogP contribution in [0.5, 0.6) is 11.5 Å². The van der Waals surface area contributed by atoms with Gasteiger partial charge in [-0.1, -0.05) is 56.2 Å². The molecule has 2 fully saturated rings. The highest BCUT2D eigenvalue weighted by Gasteiger charge is 2.35. The second-order valence-electron chi connectivity index (χ2n) is 19.7. The minimum Gasteiger partial charge on any atom is -0.506 e. The summed E-state index contributed by atoms with van der Waals surface area (Å²) in [5.41, 5.74) is -3.28. The van der Waals surface area contributed by atoms with Crippen LogP contribution in [-0.4, -0.2) is 80.3 Å². The summed E-state index contributed by atoms with van der Waals surface area (Å²) >= 11 is 8.50. The topological polar surface area (TPSA) is 257 Å². The maximum absolute atomic E-state index is 15.2. The van der Waals surface area contributed by atoms with Crippen molar-refractivity contribution >= 4 is 109 Å². The molecule has 87 heavy (non-hydrogen) atoms. The number of aromatic nitrogens is 6. The molecule has 1 N–H and O–H groups in total. The van der Waals surface area contributed by atoms with E-state index in [1.807, 2.05) is 52.1 Å². The molecule has 4 aromatic carbocycles. The van der Waals surface area contributed by atoms with Crippen LogP contribution in [0, 0.1) is 57.8 Å². The largest absolute Gasteiger partial charge is 0.506 e. The van der Waals surface area contributed by atoms with Crippen molar-refractivity contribution in [2.24, 2.45) is 14.1 Å². The molecule has 2 saturated carbocycles. The molecule has 10 rings (SSSR count). The maximum atomic E-state index is 15.2. The summed E-state index contributed by atoms with van der Waals surface area (Å²) in [5, 5.41) is 17.4. The van der Waals surface area contributed by atoms with E-state index in [2.05, 4.69) is 37.3 Å². The standard InChI is InChI=1S/C25H21FIN3O6S.C18H15FIN3O4.C7H7ClO2S.C6H15N.C2H3N.CH3Cl/c1-13-4-9-17(10-5-13)37(34,35)36-21-14(2)23(31)28(3)22-20(21)24(32)29(16-7-8-16)25(33)30(22)19-11-6-15(27)12-18(19)26;1-8-14(24)13-15(21(2)16(8)25)23(12-6-3-9(20)7-11(12)19)18(27)22(17(13)26)10-4-5-10;1-6-2-4-7(5-3-6)11(8,9)10;1-4-7(5-2)6-3;1-2-3;1-2/h4-6,9-12,16H,7-8H2,1-3H3;3,6-7,10,24H,4-5H2,1-2H3;2-5H,1H3;4-6H2,1-3H3;1H3;1H3. The van der Waals surface area contributed by atoms with E-state index in [1.165, 1.54) is 109 Å². The van der Waals surface area contributed by atoms with Gasteiger partial charge in [-0.05, 0) is 179 Å². The lowest BCUT2D eigenvalue weighted by Gasteiger charge is -2.20. The average molecular weight is 1500 g/mol. The summed E-state index contributed by atoms with van der Waals surface area (Å²) < 4.78 is 90.4. The number of hydrogen-bond acceptors (Lipinski definition) is 14. The van der Waals surface area contributed by atoms with Gasteiger partial charge in [0.1, 0.15) is 44.3 Å². The second-order valence-corrected chi connectivity index (χ2v) is 26.3. The first-order valence-corrected chi connectivity index (χ1v) is 33.4. The van der Waals surface area contributed by atoms with Crippen molar-refractivity contribution in [1.82, 2.24) is 32.3 Å². The summed E-state index contributed by atoms with van der Waals surface area (Å²) in [5.74, 6) is -2.39. The number of rotatable bonds is 11. The highest BCUT2D eigenvalue weighted by Crippen LogP contribution is 2.36. The summed E-state index contributed by atoms with van der Waals surface area (Å²) in [7, 11) is -0.214. The number of nitriles is 1.